The summed E-state index contributed by atoms with van der Waals surface area (Å²) >= 11 is 0. The second-order valence-electron chi connectivity index (χ2n) is 4.60. The number of rotatable bonds is 4. The van der Waals surface area contributed by atoms with Crippen LogP contribution >= 0.6 is 0 Å². The van der Waals surface area contributed by atoms with Crippen LogP contribution in [-0.2, 0) is 24.9 Å². The van der Waals surface area contributed by atoms with E-state index in [-0.39, 0.29) is 6.04 Å². The SMILES string of the molecule is CCOCc1nnc2n1CCNC2c1cnn(C)c1. The molecule has 1 unspecified atom stereocenters. The molecule has 7 heteroatoms. The Morgan fingerprint density at radius 1 is 1.47 bits per heavy atom. The summed E-state index contributed by atoms with van der Waals surface area (Å²) in [7, 11) is 1.91. The van der Waals surface area contributed by atoms with Gasteiger partial charge >= 0.3 is 0 Å². The van der Waals surface area contributed by atoms with Crippen LogP contribution in [0.5, 0.6) is 0 Å². The minimum Gasteiger partial charge on any atom is -0.374 e. The quantitative estimate of drug-likeness (QED) is 0.855. The first-order valence-electron chi connectivity index (χ1n) is 6.51. The molecule has 0 radical (unpaired) electrons. The zero-order chi connectivity index (χ0) is 13.2. The maximum absolute atomic E-state index is 5.43. The fourth-order valence-corrected chi connectivity index (χ4v) is 2.37. The van der Waals surface area contributed by atoms with Crippen LogP contribution in [0.25, 0.3) is 0 Å². The Labute approximate surface area is 111 Å². The van der Waals surface area contributed by atoms with Gasteiger partial charge in [0.05, 0.1) is 12.2 Å². The Morgan fingerprint density at radius 3 is 3.11 bits per heavy atom. The largest absolute Gasteiger partial charge is 0.374 e. The highest BCUT2D eigenvalue weighted by atomic mass is 16.5. The van der Waals surface area contributed by atoms with E-state index in [2.05, 4.69) is 25.2 Å². The summed E-state index contributed by atoms with van der Waals surface area (Å²) < 4.78 is 9.37. The van der Waals surface area contributed by atoms with Gasteiger partial charge in [-0.15, -0.1) is 10.2 Å². The van der Waals surface area contributed by atoms with Crippen molar-refractivity contribution in [3.63, 3.8) is 0 Å². The number of nitrogens with one attached hydrogen (secondary N) is 1. The maximum Gasteiger partial charge on any atom is 0.159 e. The summed E-state index contributed by atoms with van der Waals surface area (Å²) in [4.78, 5) is 0. The van der Waals surface area contributed by atoms with Gasteiger partial charge < -0.3 is 14.6 Å². The summed E-state index contributed by atoms with van der Waals surface area (Å²) in [5, 5.41) is 16.2. The van der Waals surface area contributed by atoms with Gasteiger partial charge in [-0.25, -0.2) is 0 Å². The van der Waals surface area contributed by atoms with Crippen LogP contribution in [0.15, 0.2) is 12.4 Å². The Morgan fingerprint density at radius 2 is 2.37 bits per heavy atom. The van der Waals surface area contributed by atoms with E-state index >= 15 is 0 Å². The van der Waals surface area contributed by atoms with E-state index in [1.165, 1.54) is 0 Å². The highest BCUT2D eigenvalue weighted by molar-refractivity contribution is 5.21. The fourth-order valence-electron chi connectivity index (χ4n) is 2.37. The molecule has 1 N–H and O–H groups in total. The zero-order valence-corrected chi connectivity index (χ0v) is 11.2. The van der Waals surface area contributed by atoms with Gasteiger partial charge in [-0.2, -0.15) is 5.10 Å². The molecule has 0 bridgehead atoms. The molecule has 1 atom stereocenters. The Balaban J connectivity index is 1.90. The molecule has 0 amide bonds. The number of nitrogens with zero attached hydrogens (tertiary/aromatic N) is 5. The van der Waals surface area contributed by atoms with Crippen LogP contribution in [0.3, 0.4) is 0 Å². The van der Waals surface area contributed by atoms with Gasteiger partial charge in [-0.1, -0.05) is 0 Å². The molecule has 0 saturated carbocycles. The van der Waals surface area contributed by atoms with Crippen LogP contribution < -0.4 is 5.32 Å². The average molecular weight is 262 g/mol. The lowest BCUT2D eigenvalue weighted by Gasteiger charge is -2.24. The number of hydrogen-bond acceptors (Lipinski definition) is 5. The number of aromatic nitrogens is 5. The Kier molecular flexibility index (Phi) is 3.31. The van der Waals surface area contributed by atoms with E-state index in [0.29, 0.717) is 13.2 Å². The summed E-state index contributed by atoms with van der Waals surface area (Å²) in [5.41, 5.74) is 1.11. The molecule has 102 valence electrons. The molecule has 0 saturated heterocycles. The van der Waals surface area contributed by atoms with Crippen LogP contribution in [0, 0.1) is 0 Å². The van der Waals surface area contributed by atoms with Crippen molar-refractivity contribution in [1.82, 2.24) is 29.9 Å². The first-order valence-corrected chi connectivity index (χ1v) is 6.51. The molecule has 1 aliphatic rings. The van der Waals surface area contributed by atoms with Crippen LogP contribution in [0.2, 0.25) is 0 Å². The molecule has 19 heavy (non-hydrogen) atoms. The number of aryl methyl sites for hydroxylation is 1. The lowest BCUT2D eigenvalue weighted by Crippen LogP contribution is -2.34. The summed E-state index contributed by atoms with van der Waals surface area (Å²) in [6.07, 6.45) is 3.87. The second-order valence-corrected chi connectivity index (χ2v) is 4.60. The van der Waals surface area contributed by atoms with Crippen LogP contribution in [-0.4, -0.2) is 37.7 Å². The number of fused-ring (bicyclic) bond motifs is 1. The molecule has 3 heterocycles. The molecular formula is C12H18N6O. The number of ether oxygens (including phenoxy) is 1. The zero-order valence-electron chi connectivity index (χ0n) is 11.2. The minimum atomic E-state index is 0.0605. The van der Waals surface area contributed by atoms with Gasteiger partial charge in [-0.3, -0.25) is 4.68 Å². The van der Waals surface area contributed by atoms with Crippen molar-refractivity contribution in [2.45, 2.75) is 26.1 Å². The van der Waals surface area contributed by atoms with E-state index in [1.807, 2.05) is 26.4 Å². The molecule has 0 aromatic carbocycles. The average Bonchev–Trinajstić information content (AvgIpc) is 3.02. The van der Waals surface area contributed by atoms with Crippen LogP contribution in [0.1, 0.15) is 30.2 Å². The Hall–Kier alpha value is -1.73. The van der Waals surface area contributed by atoms with Gasteiger partial charge in [0.1, 0.15) is 6.61 Å². The first-order chi connectivity index (χ1) is 9.29. The lowest BCUT2D eigenvalue weighted by molar-refractivity contribution is 0.124. The third kappa shape index (κ3) is 2.26. The highest BCUT2D eigenvalue weighted by Gasteiger charge is 2.26. The van der Waals surface area contributed by atoms with Gasteiger partial charge in [0.25, 0.3) is 0 Å². The molecule has 1 aliphatic heterocycles. The van der Waals surface area contributed by atoms with Crippen molar-refractivity contribution in [1.29, 1.82) is 0 Å². The summed E-state index contributed by atoms with van der Waals surface area (Å²) in [5.74, 6) is 1.83. The molecule has 0 aliphatic carbocycles. The normalized spacial score (nSPS) is 18.5. The third-order valence-corrected chi connectivity index (χ3v) is 3.29. The molecule has 0 fully saturated rings. The van der Waals surface area contributed by atoms with E-state index in [1.54, 1.807) is 4.68 Å². The maximum atomic E-state index is 5.43. The van der Waals surface area contributed by atoms with Crippen molar-refractivity contribution < 1.29 is 4.74 Å². The third-order valence-electron chi connectivity index (χ3n) is 3.29. The molecule has 2 aromatic heterocycles. The van der Waals surface area contributed by atoms with E-state index in [9.17, 15) is 0 Å². The van der Waals surface area contributed by atoms with Crippen LogP contribution in [0.4, 0.5) is 0 Å². The van der Waals surface area contributed by atoms with Gasteiger partial charge in [0, 0.05) is 38.5 Å². The predicted molar refractivity (Wildman–Crippen MR) is 68.4 cm³/mol. The van der Waals surface area contributed by atoms with Gasteiger partial charge in [0.2, 0.25) is 0 Å². The predicted octanol–water partition coefficient (Wildman–Crippen LogP) is 0.241. The monoisotopic (exact) mass is 262 g/mol. The van der Waals surface area contributed by atoms with Crippen molar-refractivity contribution in [3.8, 4) is 0 Å². The molecule has 0 spiro atoms. The van der Waals surface area contributed by atoms with Crippen molar-refractivity contribution in [2.24, 2.45) is 7.05 Å². The van der Waals surface area contributed by atoms with Gasteiger partial charge in [0.15, 0.2) is 11.6 Å². The summed E-state index contributed by atoms with van der Waals surface area (Å²) in [6.45, 7) is 4.95. The molecule has 3 rings (SSSR count). The molecular weight excluding hydrogens is 244 g/mol. The minimum absolute atomic E-state index is 0.0605. The van der Waals surface area contributed by atoms with Crippen molar-refractivity contribution in [2.75, 3.05) is 13.2 Å². The van der Waals surface area contributed by atoms with E-state index in [4.69, 9.17) is 4.74 Å². The fraction of sp³-hybridized carbons (Fsp3) is 0.583. The van der Waals surface area contributed by atoms with E-state index in [0.717, 1.165) is 30.3 Å². The Bertz CT molecular complexity index is 560. The first kappa shape index (κ1) is 12.3. The summed E-state index contributed by atoms with van der Waals surface area (Å²) in [6, 6.07) is 0.0605. The van der Waals surface area contributed by atoms with Gasteiger partial charge in [-0.05, 0) is 6.92 Å². The molecule has 2 aromatic rings. The second kappa shape index (κ2) is 5.10. The standard InChI is InChI=1S/C12H18N6O/c1-3-19-8-10-15-16-12-11(13-4-5-18(10)12)9-6-14-17(2)7-9/h6-7,11,13H,3-5,8H2,1-2H3. The molecule has 7 nitrogen and oxygen atoms in total. The van der Waals surface area contributed by atoms with E-state index < -0.39 is 0 Å². The lowest BCUT2D eigenvalue weighted by atomic mass is 10.1. The van der Waals surface area contributed by atoms with Crippen molar-refractivity contribution >= 4 is 0 Å². The number of hydrogen-bond donors (Lipinski definition) is 1. The topological polar surface area (TPSA) is 69.8 Å². The highest BCUT2D eigenvalue weighted by Crippen LogP contribution is 2.23. The van der Waals surface area contributed by atoms with Crippen molar-refractivity contribution in [3.05, 3.63) is 29.6 Å². The smallest absolute Gasteiger partial charge is 0.159 e.